The molecule has 0 aliphatic carbocycles. The van der Waals surface area contributed by atoms with Gasteiger partial charge in [-0.1, -0.05) is 29.3 Å². The summed E-state index contributed by atoms with van der Waals surface area (Å²) in [5, 5.41) is 11.4. The SMILES string of the molecule is O=c1[nH]c2c(Cl)ccc(Cl)c2c(O)c1-[n+]1ccccc1. The molecular formula is C14H9Cl2N2O2+. The smallest absolute Gasteiger partial charge is 0.325 e. The zero-order valence-electron chi connectivity index (χ0n) is 10.1. The van der Waals surface area contributed by atoms with Crippen LogP contribution in [0, 0.1) is 0 Å². The highest BCUT2D eigenvalue weighted by Crippen LogP contribution is 2.35. The summed E-state index contributed by atoms with van der Waals surface area (Å²) >= 11 is 12.1. The first-order chi connectivity index (χ1) is 9.59. The fourth-order valence-corrected chi connectivity index (χ4v) is 2.54. The van der Waals surface area contributed by atoms with Gasteiger partial charge in [-0.3, -0.25) is 4.79 Å². The topological polar surface area (TPSA) is 57.0 Å². The molecule has 3 aromatic rings. The van der Waals surface area contributed by atoms with Crippen molar-refractivity contribution in [2.75, 3.05) is 0 Å². The molecule has 1 aromatic carbocycles. The maximum Gasteiger partial charge on any atom is 0.325 e. The highest BCUT2D eigenvalue weighted by molar-refractivity contribution is 6.40. The van der Waals surface area contributed by atoms with E-state index in [1.807, 2.05) is 6.07 Å². The minimum Gasteiger partial charge on any atom is -0.502 e. The number of benzene rings is 1. The van der Waals surface area contributed by atoms with Crippen LogP contribution in [0.1, 0.15) is 0 Å². The van der Waals surface area contributed by atoms with E-state index in [9.17, 15) is 9.90 Å². The lowest BCUT2D eigenvalue weighted by molar-refractivity contribution is -0.597. The fraction of sp³-hybridized carbons (Fsp3) is 0. The van der Waals surface area contributed by atoms with Crippen LogP contribution in [-0.2, 0) is 0 Å². The highest BCUT2D eigenvalue weighted by Gasteiger charge is 2.23. The number of pyridine rings is 2. The van der Waals surface area contributed by atoms with E-state index in [-0.39, 0.29) is 11.4 Å². The van der Waals surface area contributed by atoms with Crippen LogP contribution >= 0.6 is 23.2 Å². The van der Waals surface area contributed by atoms with Crippen molar-refractivity contribution in [2.24, 2.45) is 0 Å². The first-order valence-corrected chi connectivity index (χ1v) is 6.55. The molecule has 0 unspecified atom stereocenters. The van der Waals surface area contributed by atoms with E-state index in [1.54, 1.807) is 36.7 Å². The summed E-state index contributed by atoms with van der Waals surface area (Å²) in [5.74, 6) is -0.201. The van der Waals surface area contributed by atoms with Crippen LogP contribution in [0.4, 0.5) is 0 Å². The zero-order chi connectivity index (χ0) is 14.3. The van der Waals surface area contributed by atoms with Gasteiger partial charge in [0.2, 0.25) is 5.75 Å². The number of nitrogens with zero attached hydrogens (tertiary/aromatic N) is 1. The van der Waals surface area contributed by atoms with Gasteiger partial charge >= 0.3 is 11.2 Å². The third-order valence-electron chi connectivity index (χ3n) is 2.99. The number of fused-ring (bicyclic) bond motifs is 1. The van der Waals surface area contributed by atoms with Crippen LogP contribution in [0.3, 0.4) is 0 Å². The molecule has 0 saturated heterocycles. The molecule has 0 atom stereocenters. The Morgan fingerprint density at radius 2 is 1.70 bits per heavy atom. The minimum atomic E-state index is -0.449. The minimum absolute atomic E-state index is 0.0993. The van der Waals surface area contributed by atoms with Crippen molar-refractivity contribution < 1.29 is 9.67 Å². The maximum absolute atomic E-state index is 12.2. The Bertz CT molecular complexity index is 860. The zero-order valence-corrected chi connectivity index (χ0v) is 11.6. The molecule has 0 fully saturated rings. The second-order valence-electron chi connectivity index (χ2n) is 4.21. The third kappa shape index (κ3) is 1.94. The van der Waals surface area contributed by atoms with E-state index in [1.165, 1.54) is 4.57 Å². The van der Waals surface area contributed by atoms with Crippen LogP contribution in [0.25, 0.3) is 16.6 Å². The molecule has 0 aliphatic heterocycles. The van der Waals surface area contributed by atoms with E-state index >= 15 is 0 Å². The van der Waals surface area contributed by atoms with Gasteiger partial charge < -0.3 is 10.1 Å². The number of nitrogens with one attached hydrogen (secondary N) is 1. The average Bonchev–Trinajstić information content (AvgIpc) is 2.44. The van der Waals surface area contributed by atoms with Crippen molar-refractivity contribution in [3.8, 4) is 11.4 Å². The van der Waals surface area contributed by atoms with Gasteiger partial charge in [-0.05, 0) is 12.1 Å². The van der Waals surface area contributed by atoms with E-state index in [4.69, 9.17) is 23.2 Å². The normalized spacial score (nSPS) is 10.9. The number of halogens is 2. The monoisotopic (exact) mass is 307 g/mol. The molecule has 0 aliphatic rings. The predicted octanol–water partition coefficient (Wildman–Crippen LogP) is 2.82. The van der Waals surface area contributed by atoms with Crippen LogP contribution < -0.4 is 10.1 Å². The second-order valence-corrected chi connectivity index (χ2v) is 5.03. The summed E-state index contributed by atoms with van der Waals surface area (Å²) in [6.07, 6.45) is 3.32. The maximum atomic E-state index is 12.2. The largest absolute Gasteiger partial charge is 0.502 e. The molecule has 100 valence electrons. The summed E-state index contributed by atoms with van der Waals surface area (Å²) in [7, 11) is 0. The van der Waals surface area contributed by atoms with Crippen molar-refractivity contribution in [1.29, 1.82) is 0 Å². The Labute approximate surface area is 123 Å². The van der Waals surface area contributed by atoms with Gasteiger partial charge in [-0.2, -0.15) is 4.57 Å². The Balaban J connectivity index is 2.47. The summed E-state index contributed by atoms with van der Waals surface area (Å²) in [4.78, 5) is 14.8. The van der Waals surface area contributed by atoms with Gasteiger partial charge in [0, 0.05) is 12.1 Å². The van der Waals surface area contributed by atoms with Gasteiger partial charge in [0.15, 0.2) is 12.4 Å². The summed E-state index contributed by atoms with van der Waals surface area (Å²) < 4.78 is 1.52. The Kier molecular flexibility index (Phi) is 3.12. The van der Waals surface area contributed by atoms with Crippen LogP contribution in [0.15, 0.2) is 47.5 Å². The van der Waals surface area contributed by atoms with E-state index in [2.05, 4.69) is 4.98 Å². The van der Waals surface area contributed by atoms with Crippen molar-refractivity contribution in [2.45, 2.75) is 0 Å². The fourth-order valence-electron chi connectivity index (χ4n) is 2.09. The second kappa shape index (κ2) is 4.81. The van der Waals surface area contributed by atoms with Crippen LogP contribution in [-0.4, -0.2) is 10.1 Å². The summed E-state index contributed by atoms with van der Waals surface area (Å²) in [6, 6.07) is 8.46. The lowest BCUT2D eigenvalue weighted by atomic mass is 10.2. The third-order valence-corrected chi connectivity index (χ3v) is 3.62. The molecule has 6 heteroatoms. The van der Waals surface area contributed by atoms with Gasteiger partial charge in [-0.15, -0.1) is 0 Å². The average molecular weight is 308 g/mol. The van der Waals surface area contributed by atoms with Gasteiger partial charge in [0.1, 0.15) is 0 Å². The molecule has 2 aromatic heterocycles. The first kappa shape index (κ1) is 13.0. The molecule has 0 amide bonds. The Morgan fingerprint density at radius 3 is 2.40 bits per heavy atom. The van der Waals surface area contributed by atoms with Gasteiger partial charge in [0.05, 0.1) is 20.9 Å². The number of aromatic hydroxyl groups is 1. The lowest BCUT2D eigenvalue weighted by Crippen LogP contribution is -2.36. The number of hydrogen-bond donors (Lipinski definition) is 2. The molecular weight excluding hydrogens is 299 g/mol. The molecule has 20 heavy (non-hydrogen) atoms. The molecule has 2 heterocycles. The summed E-state index contributed by atoms with van der Waals surface area (Å²) in [5.41, 5.74) is -0.0282. The Hall–Kier alpha value is -2.04. The van der Waals surface area contributed by atoms with E-state index in [0.717, 1.165) is 0 Å². The molecule has 0 radical (unpaired) electrons. The van der Waals surface area contributed by atoms with Crippen molar-refractivity contribution in [3.63, 3.8) is 0 Å². The van der Waals surface area contributed by atoms with Gasteiger partial charge in [0.25, 0.3) is 0 Å². The number of rotatable bonds is 1. The number of aromatic nitrogens is 2. The molecule has 0 saturated carbocycles. The van der Waals surface area contributed by atoms with E-state index < -0.39 is 5.56 Å². The standard InChI is InChI=1S/C14H8Cl2N2O2/c15-8-4-5-9(16)11-10(8)13(19)12(14(20)17-11)18-6-2-1-3-7-18/h1-7H,(H-,17,19,20)/p+1. The summed E-state index contributed by atoms with van der Waals surface area (Å²) in [6.45, 7) is 0. The number of H-pyrrole nitrogens is 1. The lowest BCUT2D eigenvalue weighted by Gasteiger charge is -2.06. The highest BCUT2D eigenvalue weighted by atomic mass is 35.5. The predicted molar refractivity (Wildman–Crippen MR) is 77.8 cm³/mol. The van der Waals surface area contributed by atoms with Gasteiger partial charge in [-0.25, -0.2) is 0 Å². The Morgan fingerprint density at radius 1 is 1.05 bits per heavy atom. The number of aromatic amines is 1. The first-order valence-electron chi connectivity index (χ1n) is 5.79. The van der Waals surface area contributed by atoms with Crippen LogP contribution in [0.2, 0.25) is 10.0 Å². The molecule has 2 N–H and O–H groups in total. The quantitative estimate of drug-likeness (QED) is 0.679. The molecule has 3 rings (SSSR count). The number of hydrogen-bond acceptors (Lipinski definition) is 2. The van der Waals surface area contributed by atoms with Crippen LogP contribution in [0.5, 0.6) is 5.75 Å². The van der Waals surface area contributed by atoms with E-state index in [0.29, 0.717) is 20.9 Å². The molecule has 4 nitrogen and oxygen atoms in total. The molecule has 0 bridgehead atoms. The van der Waals surface area contributed by atoms with Crippen molar-refractivity contribution in [1.82, 2.24) is 4.98 Å². The van der Waals surface area contributed by atoms with Crippen molar-refractivity contribution >= 4 is 34.1 Å². The van der Waals surface area contributed by atoms with Crippen molar-refractivity contribution in [3.05, 3.63) is 63.1 Å². The molecule has 0 spiro atoms.